The molecule has 1 aromatic rings. The molecular formula is C16H17NO4. The average molecular weight is 287 g/mol. The Morgan fingerprint density at radius 3 is 2.05 bits per heavy atom. The molecule has 5 heteroatoms. The van der Waals surface area contributed by atoms with Gasteiger partial charge >= 0.3 is 5.97 Å². The Morgan fingerprint density at radius 2 is 1.62 bits per heavy atom. The fourth-order valence-electron chi connectivity index (χ4n) is 3.50. The highest BCUT2D eigenvalue weighted by Gasteiger charge is 2.75. The first-order chi connectivity index (χ1) is 9.74. The summed E-state index contributed by atoms with van der Waals surface area (Å²) in [5, 5.41) is 9.67. The largest absolute Gasteiger partial charge is 0.479 e. The third kappa shape index (κ3) is 1.54. The van der Waals surface area contributed by atoms with Crippen LogP contribution in [0.2, 0.25) is 0 Å². The van der Waals surface area contributed by atoms with Crippen molar-refractivity contribution in [2.75, 3.05) is 0 Å². The maximum Gasteiger partial charge on any atom is 0.334 e. The number of piperidine rings is 1. The molecular weight excluding hydrogens is 270 g/mol. The van der Waals surface area contributed by atoms with E-state index in [2.05, 4.69) is 0 Å². The Hall–Kier alpha value is -2.17. The van der Waals surface area contributed by atoms with Gasteiger partial charge in [0.2, 0.25) is 11.8 Å². The molecule has 1 aliphatic carbocycles. The summed E-state index contributed by atoms with van der Waals surface area (Å²) >= 11 is 0. The maximum absolute atomic E-state index is 12.5. The van der Waals surface area contributed by atoms with Crippen molar-refractivity contribution in [2.45, 2.75) is 26.3 Å². The lowest BCUT2D eigenvalue weighted by molar-refractivity contribution is -0.165. The molecule has 2 amide bonds. The van der Waals surface area contributed by atoms with Crippen LogP contribution in [0, 0.1) is 17.3 Å². The summed E-state index contributed by atoms with van der Waals surface area (Å²) in [7, 11) is 0. The van der Waals surface area contributed by atoms with Crippen LogP contribution in [0.5, 0.6) is 0 Å². The smallest absolute Gasteiger partial charge is 0.334 e. The van der Waals surface area contributed by atoms with E-state index in [4.69, 9.17) is 0 Å². The molecule has 1 N–H and O–H groups in total. The third-order valence-electron chi connectivity index (χ3n) is 5.00. The topological polar surface area (TPSA) is 74.7 Å². The van der Waals surface area contributed by atoms with Crippen LogP contribution < -0.4 is 0 Å². The molecule has 0 spiro atoms. The van der Waals surface area contributed by atoms with Gasteiger partial charge in [-0.25, -0.2) is 4.79 Å². The zero-order valence-electron chi connectivity index (χ0n) is 12.2. The first-order valence-corrected chi connectivity index (χ1v) is 6.91. The first kappa shape index (κ1) is 13.8. The molecule has 1 saturated carbocycles. The normalized spacial score (nSPS) is 29.0. The summed E-state index contributed by atoms with van der Waals surface area (Å²) in [5.74, 6) is -2.71. The van der Waals surface area contributed by atoms with Gasteiger partial charge in [0.1, 0.15) is 0 Å². The maximum atomic E-state index is 12.5. The summed E-state index contributed by atoms with van der Waals surface area (Å²) in [5.41, 5.74) is -1.57. The van der Waals surface area contributed by atoms with Crippen molar-refractivity contribution in [1.29, 1.82) is 0 Å². The van der Waals surface area contributed by atoms with Gasteiger partial charge in [-0.05, 0) is 17.9 Å². The van der Waals surface area contributed by atoms with Gasteiger partial charge in [-0.15, -0.1) is 0 Å². The molecule has 3 unspecified atom stereocenters. The second kappa shape index (κ2) is 3.93. The van der Waals surface area contributed by atoms with E-state index in [9.17, 15) is 19.5 Å². The van der Waals surface area contributed by atoms with Crippen molar-refractivity contribution in [2.24, 2.45) is 17.3 Å². The summed E-state index contributed by atoms with van der Waals surface area (Å²) < 4.78 is 0. The van der Waals surface area contributed by atoms with Crippen LogP contribution >= 0.6 is 0 Å². The second-order valence-corrected chi connectivity index (χ2v) is 6.53. The summed E-state index contributed by atoms with van der Waals surface area (Å²) in [6.07, 6.45) is 0. The van der Waals surface area contributed by atoms with Crippen molar-refractivity contribution in [1.82, 2.24) is 4.90 Å². The van der Waals surface area contributed by atoms with Gasteiger partial charge in [-0.3, -0.25) is 14.5 Å². The van der Waals surface area contributed by atoms with Crippen LogP contribution in [0.15, 0.2) is 30.3 Å². The molecule has 1 aliphatic heterocycles. The molecule has 5 nitrogen and oxygen atoms in total. The molecule has 2 aliphatic rings. The van der Waals surface area contributed by atoms with E-state index in [1.807, 2.05) is 13.8 Å². The fourth-order valence-corrected chi connectivity index (χ4v) is 3.50. The number of rotatable bonds is 3. The van der Waals surface area contributed by atoms with Crippen molar-refractivity contribution in [3.63, 3.8) is 0 Å². The Morgan fingerprint density at radius 1 is 1.14 bits per heavy atom. The zero-order valence-corrected chi connectivity index (χ0v) is 12.2. The van der Waals surface area contributed by atoms with E-state index in [1.54, 1.807) is 30.3 Å². The molecule has 21 heavy (non-hydrogen) atoms. The van der Waals surface area contributed by atoms with Crippen molar-refractivity contribution in [3.8, 4) is 0 Å². The summed E-state index contributed by atoms with van der Waals surface area (Å²) in [6, 6.07) is 8.42. The number of carboxylic acid groups (broad SMARTS) is 1. The van der Waals surface area contributed by atoms with Gasteiger partial charge in [-0.2, -0.15) is 0 Å². The van der Waals surface area contributed by atoms with E-state index >= 15 is 0 Å². The molecule has 1 saturated heterocycles. The number of likely N-dealkylation sites (tertiary alicyclic amines) is 1. The molecule has 1 aromatic carbocycles. The highest BCUT2D eigenvalue weighted by Crippen LogP contribution is 2.64. The standard InChI is InChI=1S/C16H17NO4/c1-15(2)10-11(15)13(19)17(12(10)18)16(3,14(20)21)9-7-5-4-6-8-9/h4-8,10-11H,1-3H3,(H,20,21). The number of hydrogen-bond donors (Lipinski definition) is 1. The van der Waals surface area contributed by atoms with Gasteiger partial charge in [0.25, 0.3) is 0 Å². The number of imide groups is 1. The number of amides is 2. The van der Waals surface area contributed by atoms with E-state index in [-0.39, 0.29) is 29.1 Å². The number of nitrogens with zero attached hydrogens (tertiary/aromatic N) is 1. The van der Waals surface area contributed by atoms with Gasteiger partial charge in [0.05, 0.1) is 11.8 Å². The predicted octanol–water partition coefficient (Wildman–Crippen LogP) is 1.63. The van der Waals surface area contributed by atoms with Crippen LogP contribution in [-0.4, -0.2) is 27.8 Å². The third-order valence-corrected chi connectivity index (χ3v) is 5.00. The minimum absolute atomic E-state index is 0.346. The highest BCUT2D eigenvalue weighted by molar-refractivity contribution is 6.13. The molecule has 3 rings (SSSR count). The quantitative estimate of drug-likeness (QED) is 0.857. The molecule has 0 radical (unpaired) electrons. The number of aliphatic carboxylic acids is 1. The van der Waals surface area contributed by atoms with E-state index in [0.29, 0.717) is 5.56 Å². The van der Waals surface area contributed by atoms with E-state index in [1.165, 1.54) is 6.92 Å². The van der Waals surface area contributed by atoms with Crippen LogP contribution in [0.4, 0.5) is 0 Å². The Labute approximate surface area is 122 Å². The van der Waals surface area contributed by atoms with Crippen LogP contribution in [0.1, 0.15) is 26.3 Å². The van der Waals surface area contributed by atoms with Crippen molar-refractivity contribution >= 4 is 17.8 Å². The van der Waals surface area contributed by atoms with Crippen LogP contribution in [-0.2, 0) is 19.9 Å². The number of carboxylic acids is 1. The van der Waals surface area contributed by atoms with Gasteiger partial charge in [0, 0.05) is 0 Å². The molecule has 3 atom stereocenters. The molecule has 2 fully saturated rings. The monoisotopic (exact) mass is 287 g/mol. The zero-order chi connectivity index (χ0) is 15.6. The van der Waals surface area contributed by atoms with Crippen LogP contribution in [0.3, 0.4) is 0 Å². The van der Waals surface area contributed by atoms with E-state index < -0.39 is 11.5 Å². The fraction of sp³-hybridized carbons (Fsp3) is 0.438. The van der Waals surface area contributed by atoms with Crippen molar-refractivity contribution < 1.29 is 19.5 Å². The molecule has 0 bridgehead atoms. The van der Waals surface area contributed by atoms with Crippen molar-refractivity contribution in [3.05, 3.63) is 35.9 Å². The Bertz CT molecular complexity index is 628. The minimum Gasteiger partial charge on any atom is -0.479 e. The highest BCUT2D eigenvalue weighted by atomic mass is 16.4. The molecule has 1 heterocycles. The second-order valence-electron chi connectivity index (χ2n) is 6.53. The number of carbonyl (C=O) groups excluding carboxylic acids is 2. The summed E-state index contributed by atoms with van der Waals surface area (Å²) in [6.45, 7) is 5.16. The molecule has 110 valence electrons. The van der Waals surface area contributed by atoms with Gasteiger partial charge in [0.15, 0.2) is 5.54 Å². The number of carbonyl (C=O) groups is 3. The number of benzene rings is 1. The van der Waals surface area contributed by atoms with Gasteiger partial charge < -0.3 is 5.11 Å². The lowest BCUT2D eigenvalue weighted by Gasteiger charge is -2.36. The first-order valence-electron chi connectivity index (χ1n) is 6.91. The predicted molar refractivity (Wildman–Crippen MR) is 74.0 cm³/mol. The number of hydrogen-bond acceptors (Lipinski definition) is 3. The number of fused-ring (bicyclic) bond motifs is 1. The Balaban J connectivity index is 2.07. The Kier molecular flexibility index (Phi) is 2.58. The average Bonchev–Trinajstić information content (AvgIpc) is 2.89. The lowest BCUT2D eigenvalue weighted by Crippen LogP contribution is -2.54. The minimum atomic E-state index is -1.65. The summed E-state index contributed by atoms with van der Waals surface area (Å²) in [4.78, 5) is 37.9. The van der Waals surface area contributed by atoms with E-state index in [0.717, 1.165) is 4.90 Å². The SMILES string of the molecule is CC1(C)C2C(=O)N(C(C)(C(=O)O)c3ccccc3)C(=O)C21. The van der Waals surface area contributed by atoms with Crippen LogP contribution in [0.25, 0.3) is 0 Å². The molecule has 0 aromatic heterocycles. The lowest BCUT2D eigenvalue weighted by atomic mass is 9.88. The van der Waals surface area contributed by atoms with Gasteiger partial charge in [-0.1, -0.05) is 44.2 Å².